The van der Waals surface area contributed by atoms with Crippen molar-refractivity contribution in [2.75, 3.05) is 26.7 Å². The Morgan fingerprint density at radius 3 is 2.69 bits per heavy atom. The van der Waals surface area contributed by atoms with Crippen molar-refractivity contribution in [3.05, 3.63) is 23.9 Å². The Morgan fingerprint density at radius 2 is 2.06 bits per heavy atom. The maximum atomic E-state index is 2.53. The van der Waals surface area contributed by atoms with Gasteiger partial charge >= 0.3 is 0 Å². The Hall–Kier alpha value is -0.760. The molecule has 0 radical (unpaired) electrons. The molecule has 1 aliphatic heterocycles. The van der Waals surface area contributed by atoms with Gasteiger partial charge in [-0.3, -0.25) is 4.90 Å². The number of likely N-dealkylation sites (N-methyl/N-ethyl adjacent to an activating group) is 1. The highest BCUT2D eigenvalue weighted by Crippen LogP contribution is 2.13. The van der Waals surface area contributed by atoms with Crippen LogP contribution in [0.4, 0.5) is 0 Å². The lowest BCUT2D eigenvalue weighted by molar-refractivity contribution is 0.162. The van der Waals surface area contributed by atoms with Gasteiger partial charge < -0.3 is 4.90 Å². The second kappa shape index (κ2) is 6.74. The van der Waals surface area contributed by atoms with E-state index in [1.807, 2.05) is 0 Å². The minimum Gasteiger partial charge on any atom is -0.376 e. The molecule has 2 heteroatoms. The van der Waals surface area contributed by atoms with Crippen molar-refractivity contribution in [1.29, 1.82) is 0 Å². The molecule has 1 fully saturated rings. The van der Waals surface area contributed by atoms with Crippen molar-refractivity contribution in [1.82, 2.24) is 9.80 Å². The number of nitrogens with zero attached hydrogens (tertiary/aromatic N) is 2. The molecule has 0 unspecified atom stereocenters. The highest BCUT2D eigenvalue weighted by molar-refractivity contribution is 5.14. The molecule has 0 aromatic heterocycles. The Morgan fingerprint density at radius 1 is 1.31 bits per heavy atom. The number of allylic oxidation sites excluding steroid dienone is 3. The third-order valence-corrected chi connectivity index (χ3v) is 3.19. The van der Waals surface area contributed by atoms with E-state index >= 15 is 0 Å². The first-order chi connectivity index (χ1) is 7.65. The van der Waals surface area contributed by atoms with Crippen LogP contribution < -0.4 is 0 Å². The molecule has 1 heterocycles. The Bertz CT molecular complexity index is 253. The molecule has 2 nitrogen and oxygen atoms in total. The van der Waals surface area contributed by atoms with Gasteiger partial charge in [-0.05, 0) is 26.3 Å². The summed E-state index contributed by atoms with van der Waals surface area (Å²) in [6, 6.07) is 0.650. The van der Waals surface area contributed by atoms with Gasteiger partial charge in [0.25, 0.3) is 0 Å². The molecule has 0 atom stereocenters. The van der Waals surface area contributed by atoms with Crippen LogP contribution in [0, 0.1) is 0 Å². The molecule has 0 saturated carbocycles. The molecule has 0 bridgehead atoms. The third kappa shape index (κ3) is 4.01. The fourth-order valence-electron chi connectivity index (χ4n) is 1.89. The first-order valence-electron chi connectivity index (χ1n) is 6.46. The van der Waals surface area contributed by atoms with E-state index in [0.29, 0.717) is 6.04 Å². The SMILES string of the molecule is CCC/C=C/C=C1/CN(C(C)C)CCN1C. The Kier molecular flexibility index (Phi) is 5.61. The number of unbranched alkanes of at least 4 members (excludes halogenated alkanes) is 1. The summed E-state index contributed by atoms with van der Waals surface area (Å²) in [4.78, 5) is 4.90. The van der Waals surface area contributed by atoms with Gasteiger partial charge in [-0.15, -0.1) is 0 Å². The molecule has 1 saturated heterocycles. The zero-order valence-electron chi connectivity index (χ0n) is 11.2. The minimum atomic E-state index is 0.650. The molecular formula is C14H26N2. The molecule has 1 aliphatic rings. The van der Waals surface area contributed by atoms with Gasteiger partial charge in [0.15, 0.2) is 0 Å². The summed E-state index contributed by atoms with van der Waals surface area (Å²) in [5.74, 6) is 0. The molecule has 0 aromatic rings. The summed E-state index contributed by atoms with van der Waals surface area (Å²) in [6.07, 6.45) is 9.15. The second-order valence-corrected chi connectivity index (χ2v) is 4.86. The molecule has 92 valence electrons. The lowest BCUT2D eigenvalue weighted by atomic mass is 10.2. The molecule has 0 aromatic carbocycles. The maximum absolute atomic E-state index is 2.53. The van der Waals surface area contributed by atoms with Crippen LogP contribution in [0.15, 0.2) is 23.9 Å². The fourth-order valence-corrected chi connectivity index (χ4v) is 1.89. The zero-order chi connectivity index (χ0) is 12.0. The highest BCUT2D eigenvalue weighted by Gasteiger charge is 2.19. The van der Waals surface area contributed by atoms with Crippen LogP contribution >= 0.6 is 0 Å². The van der Waals surface area contributed by atoms with E-state index in [9.17, 15) is 0 Å². The average molecular weight is 222 g/mol. The first kappa shape index (κ1) is 13.3. The van der Waals surface area contributed by atoms with Crippen LogP contribution in [0.3, 0.4) is 0 Å². The first-order valence-corrected chi connectivity index (χ1v) is 6.46. The summed E-state index contributed by atoms with van der Waals surface area (Å²) in [7, 11) is 2.19. The molecular weight excluding hydrogens is 196 g/mol. The van der Waals surface area contributed by atoms with Gasteiger partial charge in [0, 0.05) is 38.4 Å². The standard InChI is InChI=1S/C14H26N2/c1-5-6-7-8-9-14-12-16(13(2)3)11-10-15(14)4/h7-9,13H,5-6,10-12H2,1-4H3/b8-7+,14-9-. The van der Waals surface area contributed by atoms with Crippen LogP contribution in [-0.2, 0) is 0 Å². The number of rotatable bonds is 4. The largest absolute Gasteiger partial charge is 0.376 e. The van der Waals surface area contributed by atoms with Gasteiger partial charge in [0.1, 0.15) is 0 Å². The summed E-state index contributed by atoms with van der Waals surface area (Å²) in [5, 5.41) is 0. The predicted molar refractivity (Wildman–Crippen MR) is 71.5 cm³/mol. The van der Waals surface area contributed by atoms with Gasteiger partial charge in [0.05, 0.1) is 0 Å². The Balaban J connectivity index is 2.55. The van der Waals surface area contributed by atoms with Crippen LogP contribution in [0.2, 0.25) is 0 Å². The quantitative estimate of drug-likeness (QED) is 0.721. The van der Waals surface area contributed by atoms with Gasteiger partial charge in [0.2, 0.25) is 0 Å². The van der Waals surface area contributed by atoms with E-state index < -0.39 is 0 Å². The topological polar surface area (TPSA) is 6.48 Å². The molecule has 1 rings (SSSR count). The summed E-state index contributed by atoms with van der Waals surface area (Å²) >= 11 is 0. The fraction of sp³-hybridized carbons (Fsp3) is 0.714. The normalized spacial score (nSPS) is 21.6. The minimum absolute atomic E-state index is 0.650. The van der Waals surface area contributed by atoms with Gasteiger partial charge in [-0.2, -0.15) is 0 Å². The molecule has 0 N–H and O–H groups in total. The zero-order valence-corrected chi connectivity index (χ0v) is 11.2. The molecule has 0 amide bonds. The summed E-state index contributed by atoms with van der Waals surface area (Å²) < 4.78 is 0. The van der Waals surface area contributed by atoms with E-state index in [0.717, 1.165) is 13.1 Å². The van der Waals surface area contributed by atoms with Crippen LogP contribution in [0.25, 0.3) is 0 Å². The number of hydrogen-bond acceptors (Lipinski definition) is 2. The van der Waals surface area contributed by atoms with Crippen LogP contribution in [0.5, 0.6) is 0 Å². The second-order valence-electron chi connectivity index (χ2n) is 4.86. The van der Waals surface area contributed by atoms with Crippen molar-refractivity contribution >= 4 is 0 Å². The van der Waals surface area contributed by atoms with Crippen molar-refractivity contribution in [3.8, 4) is 0 Å². The lowest BCUT2D eigenvalue weighted by Gasteiger charge is -2.38. The number of piperazine rings is 1. The Labute approximate surface area is 101 Å². The highest BCUT2D eigenvalue weighted by atomic mass is 15.3. The van der Waals surface area contributed by atoms with Gasteiger partial charge in [-0.25, -0.2) is 0 Å². The van der Waals surface area contributed by atoms with Crippen LogP contribution in [0.1, 0.15) is 33.6 Å². The molecule has 0 aliphatic carbocycles. The van der Waals surface area contributed by atoms with Crippen molar-refractivity contribution < 1.29 is 0 Å². The molecule has 0 spiro atoms. The van der Waals surface area contributed by atoms with Crippen LogP contribution in [-0.4, -0.2) is 42.5 Å². The summed E-state index contributed by atoms with van der Waals surface area (Å²) in [5.41, 5.74) is 1.44. The van der Waals surface area contributed by atoms with E-state index in [1.165, 1.54) is 25.1 Å². The van der Waals surface area contributed by atoms with Crippen molar-refractivity contribution in [2.24, 2.45) is 0 Å². The smallest absolute Gasteiger partial charge is 0.0387 e. The van der Waals surface area contributed by atoms with E-state index in [-0.39, 0.29) is 0 Å². The lowest BCUT2D eigenvalue weighted by Crippen LogP contribution is -2.45. The average Bonchev–Trinajstić information content (AvgIpc) is 2.26. The third-order valence-electron chi connectivity index (χ3n) is 3.19. The van der Waals surface area contributed by atoms with Gasteiger partial charge in [-0.1, -0.05) is 25.5 Å². The summed E-state index contributed by atoms with van der Waals surface area (Å²) in [6.45, 7) is 10.2. The van der Waals surface area contributed by atoms with Crippen molar-refractivity contribution in [3.63, 3.8) is 0 Å². The van der Waals surface area contributed by atoms with E-state index in [2.05, 4.69) is 55.8 Å². The van der Waals surface area contributed by atoms with E-state index in [1.54, 1.807) is 0 Å². The monoisotopic (exact) mass is 222 g/mol. The van der Waals surface area contributed by atoms with E-state index in [4.69, 9.17) is 0 Å². The molecule has 16 heavy (non-hydrogen) atoms. The predicted octanol–water partition coefficient (Wildman–Crippen LogP) is 2.88. The van der Waals surface area contributed by atoms with Crippen molar-refractivity contribution in [2.45, 2.75) is 39.7 Å². The maximum Gasteiger partial charge on any atom is 0.0387 e. The number of hydrogen-bond donors (Lipinski definition) is 0.